The van der Waals surface area contributed by atoms with Gasteiger partial charge < -0.3 is 4.74 Å². The molecular formula is C6H12N2O. The van der Waals surface area contributed by atoms with E-state index in [2.05, 4.69) is 10.6 Å². The topological polar surface area (TPSA) is 33.3 Å². The summed E-state index contributed by atoms with van der Waals surface area (Å²) in [5.74, 6) is 0. The largest absolute Gasteiger partial charge is 0.377 e. The van der Waals surface area contributed by atoms with Gasteiger partial charge in [-0.25, -0.2) is 0 Å². The number of hydrogen-bond donors (Lipinski definition) is 2. The minimum atomic E-state index is 0.428. The summed E-state index contributed by atoms with van der Waals surface area (Å²) >= 11 is 0. The fourth-order valence-corrected chi connectivity index (χ4v) is 1.43. The fourth-order valence-electron chi connectivity index (χ4n) is 1.43. The van der Waals surface area contributed by atoms with Crippen LogP contribution in [0, 0.1) is 0 Å². The predicted octanol–water partition coefficient (Wildman–Crippen LogP) is -0.706. The number of hydrogen-bond acceptors (Lipinski definition) is 3. The van der Waals surface area contributed by atoms with Crippen molar-refractivity contribution in [2.75, 3.05) is 19.8 Å². The average Bonchev–Trinajstić information content (AvgIpc) is 1.88. The van der Waals surface area contributed by atoms with Crippen LogP contribution in [-0.2, 0) is 4.74 Å². The summed E-state index contributed by atoms with van der Waals surface area (Å²) in [6.07, 6.45) is 1.63. The molecule has 0 aliphatic carbocycles. The van der Waals surface area contributed by atoms with Gasteiger partial charge in [-0.3, -0.25) is 10.6 Å². The molecule has 2 bridgehead atoms. The Morgan fingerprint density at radius 2 is 2.33 bits per heavy atom. The Bertz CT molecular complexity index is 87.2. The molecule has 52 valence electrons. The van der Waals surface area contributed by atoms with Crippen LogP contribution in [0.2, 0.25) is 0 Å². The van der Waals surface area contributed by atoms with Crippen molar-refractivity contribution in [3.05, 3.63) is 0 Å². The first-order valence-electron chi connectivity index (χ1n) is 3.52. The summed E-state index contributed by atoms with van der Waals surface area (Å²) < 4.78 is 5.31. The maximum Gasteiger partial charge on any atom is 0.0816 e. The molecule has 0 aromatic carbocycles. The lowest BCUT2D eigenvalue weighted by Gasteiger charge is -2.36. The van der Waals surface area contributed by atoms with Gasteiger partial charge >= 0.3 is 0 Å². The predicted molar refractivity (Wildman–Crippen MR) is 34.2 cm³/mol. The summed E-state index contributed by atoms with van der Waals surface area (Å²) in [7, 11) is 0. The molecule has 0 aromatic rings. The van der Waals surface area contributed by atoms with E-state index in [0.717, 1.165) is 19.8 Å². The minimum absolute atomic E-state index is 0.428. The third kappa shape index (κ3) is 1.08. The van der Waals surface area contributed by atoms with Crippen LogP contribution in [0.1, 0.15) is 6.42 Å². The molecule has 2 unspecified atom stereocenters. The second-order valence-corrected chi connectivity index (χ2v) is 2.70. The molecule has 2 heterocycles. The Hall–Kier alpha value is -0.120. The van der Waals surface area contributed by atoms with Crippen LogP contribution in [0.15, 0.2) is 0 Å². The zero-order chi connectivity index (χ0) is 6.10. The van der Waals surface area contributed by atoms with Crippen molar-refractivity contribution in [2.24, 2.45) is 0 Å². The van der Waals surface area contributed by atoms with Crippen LogP contribution >= 0.6 is 0 Å². The Morgan fingerprint density at radius 3 is 3.11 bits per heavy atom. The molecule has 0 amide bonds. The average molecular weight is 128 g/mol. The van der Waals surface area contributed by atoms with Gasteiger partial charge in [-0.2, -0.15) is 0 Å². The van der Waals surface area contributed by atoms with Crippen molar-refractivity contribution in [2.45, 2.75) is 18.6 Å². The smallest absolute Gasteiger partial charge is 0.0816 e. The SMILES string of the molecule is C1CC2COCC(N1)N2. The van der Waals surface area contributed by atoms with Crippen LogP contribution in [0.25, 0.3) is 0 Å². The third-order valence-electron chi connectivity index (χ3n) is 1.92. The molecule has 0 aromatic heterocycles. The van der Waals surface area contributed by atoms with E-state index >= 15 is 0 Å². The summed E-state index contributed by atoms with van der Waals surface area (Å²) in [5, 5.41) is 6.73. The zero-order valence-electron chi connectivity index (χ0n) is 5.39. The van der Waals surface area contributed by atoms with Crippen LogP contribution in [-0.4, -0.2) is 32.0 Å². The maximum absolute atomic E-state index is 5.31. The van der Waals surface area contributed by atoms with E-state index in [-0.39, 0.29) is 0 Å². The van der Waals surface area contributed by atoms with Gasteiger partial charge in [0.15, 0.2) is 0 Å². The Balaban J connectivity index is 1.96. The van der Waals surface area contributed by atoms with Crippen molar-refractivity contribution >= 4 is 0 Å². The molecule has 0 spiro atoms. The molecule has 2 aliphatic rings. The summed E-state index contributed by atoms with van der Waals surface area (Å²) in [5.41, 5.74) is 0. The number of ether oxygens (including phenoxy) is 1. The van der Waals surface area contributed by atoms with Crippen molar-refractivity contribution in [1.82, 2.24) is 10.6 Å². The Morgan fingerprint density at radius 1 is 1.33 bits per heavy atom. The van der Waals surface area contributed by atoms with Gasteiger partial charge in [0, 0.05) is 6.04 Å². The molecule has 3 nitrogen and oxygen atoms in total. The molecule has 2 N–H and O–H groups in total. The van der Waals surface area contributed by atoms with Gasteiger partial charge in [-0.15, -0.1) is 0 Å². The highest BCUT2D eigenvalue weighted by Gasteiger charge is 2.24. The van der Waals surface area contributed by atoms with Gasteiger partial charge in [0.2, 0.25) is 0 Å². The summed E-state index contributed by atoms with van der Waals surface area (Å²) in [6, 6.07) is 0.616. The second kappa shape index (κ2) is 2.25. The number of nitrogens with one attached hydrogen (secondary N) is 2. The molecular weight excluding hydrogens is 116 g/mol. The van der Waals surface area contributed by atoms with E-state index in [1.165, 1.54) is 6.42 Å². The second-order valence-electron chi connectivity index (χ2n) is 2.70. The molecule has 0 saturated carbocycles. The van der Waals surface area contributed by atoms with Crippen LogP contribution < -0.4 is 10.6 Å². The number of rotatable bonds is 0. The monoisotopic (exact) mass is 128 g/mol. The summed E-state index contributed by atoms with van der Waals surface area (Å²) in [4.78, 5) is 0. The molecule has 2 saturated heterocycles. The molecule has 9 heavy (non-hydrogen) atoms. The number of morpholine rings is 1. The van der Waals surface area contributed by atoms with E-state index < -0.39 is 0 Å². The molecule has 3 heteroatoms. The number of fused-ring (bicyclic) bond motifs is 2. The lowest BCUT2D eigenvalue weighted by molar-refractivity contribution is 0.0168. The van der Waals surface area contributed by atoms with Crippen molar-refractivity contribution in [1.29, 1.82) is 0 Å². The molecule has 2 fully saturated rings. The minimum Gasteiger partial charge on any atom is -0.377 e. The maximum atomic E-state index is 5.31. The first-order valence-corrected chi connectivity index (χ1v) is 3.52. The van der Waals surface area contributed by atoms with Crippen molar-refractivity contribution < 1.29 is 4.74 Å². The first kappa shape index (κ1) is 5.65. The lowest BCUT2D eigenvalue weighted by atomic mass is 10.1. The molecule has 2 aliphatic heterocycles. The normalized spacial score (nSPS) is 42.7. The van der Waals surface area contributed by atoms with Crippen LogP contribution in [0.5, 0.6) is 0 Å². The third-order valence-corrected chi connectivity index (χ3v) is 1.92. The fraction of sp³-hybridized carbons (Fsp3) is 1.00. The Labute approximate surface area is 54.8 Å². The van der Waals surface area contributed by atoms with Gasteiger partial charge in [0.25, 0.3) is 0 Å². The van der Waals surface area contributed by atoms with Crippen molar-refractivity contribution in [3.8, 4) is 0 Å². The quantitative estimate of drug-likeness (QED) is 0.452. The molecule has 0 radical (unpaired) electrons. The molecule has 2 rings (SSSR count). The van der Waals surface area contributed by atoms with Crippen LogP contribution in [0.4, 0.5) is 0 Å². The standard InChI is InChI=1S/C6H12N2O/c1-2-7-6-4-9-3-5(1)8-6/h5-8H,1-4H2. The first-order chi connectivity index (χ1) is 4.45. The Kier molecular flexibility index (Phi) is 1.41. The lowest BCUT2D eigenvalue weighted by Crippen LogP contribution is -2.60. The van der Waals surface area contributed by atoms with E-state index in [4.69, 9.17) is 4.74 Å². The highest BCUT2D eigenvalue weighted by atomic mass is 16.5. The highest BCUT2D eigenvalue weighted by Crippen LogP contribution is 2.05. The zero-order valence-corrected chi connectivity index (χ0v) is 5.39. The van der Waals surface area contributed by atoms with Crippen LogP contribution in [0.3, 0.4) is 0 Å². The van der Waals surface area contributed by atoms with Gasteiger partial charge in [-0.05, 0) is 13.0 Å². The molecule has 2 atom stereocenters. The van der Waals surface area contributed by atoms with Gasteiger partial charge in [-0.1, -0.05) is 0 Å². The van der Waals surface area contributed by atoms with Crippen molar-refractivity contribution in [3.63, 3.8) is 0 Å². The van der Waals surface area contributed by atoms with E-state index in [1.807, 2.05) is 0 Å². The van der Waals surface area contributed by atoms with E-state index in [1.54, 1.807) is 0 Å². The van der Waals surface area contributed by atoms with Gasteiger partial charge in [0.1, 0.15) is 0 Å². The van der Waals surface area contributed by atoms with E-state index in [0.29, 0.717) is 12.2 Å². The van der Waals surface area contributed by atoms with E-state index in [9.17, 15) is 0 Å². The van der Waals surface area contributed by atoms with Gasteiger partial charge in [0.05, 0.1) is 19.4 Å². The highest BCUT2D eigenvalue weighted by molar-refractivity contribution is 4.82. The summed E-state index contributed by atoms with van der Waals surface area (Å²) in [6.45, 7) is 2.88.